The third kappa shape index (κ3) is 5.26. The number of carbonyl (C=O) groups excluding carboxylic acids is 1. The molecule has 1 amide bonds. The average Bonchev–Trinajstić information content (AvgIpc) is 2.72. The molecule has 0 unspecified atom stereocenters. The third-order valence-corrected chi connectivity index (χ3v) is 4.85. The van der Waals surface area contributed by atoms with Crippen LogP contribution in [0.5, 0.6) is 0 Å². The lowest BCUT2D eigenvalue weighted by Crippen LogP contribution is -2.47. The maximum Gasteiger partial charge on any atom is 0.272 e. The van der Waals surface area contributed by atoms with Crippen molar-refractivity contribution in [2.24, 2.45) is 0 Å². The summed E-state index contributed by atoms with van der Waals surface area (Å²) in [5.74, 6) is 1.30. The second-order valence-electron chi connectivity index (χ2n) is 7.06. The molecular weight excluding hydrogens is 338 g/mol. The van der Waals surface area contributed by atoms with E-state index in [1.165, 1.54) is 12.8 Å². The molecule has 1 aliphatic heterocycles. The minimum Gasteiger partial charge on any atom is -0.370 e. The predicted octanol–water partition coefficient (Wildman–Crippen LogP) is 3.13. The summed E-state index contributed by atoms with van der Waals surface area (Å²) in [5, 5.41) is 3.36. The van der Waals surface area contributed by atoms with Crippen LogP contribution in [0.25, 0.3) is 11.4 Å². The number of nitrogens with zero attached hydrogens (tertiary/aromatic N) is 4. The Labute approximate surface area is 161 Å². The topological polar surface area (TPSA) is 61.4 Å². The van der Waals surface area contributed by atoms with E-state index in [4.69, 9.17) is 0 Å². The highest BCUT2D eigenvalue weighted by molar-refractivity contribution is 5.93. The van der Waals surface area contributed by atoms with Crippen LogP contribution < -0.4 is 5.32 Å². The third-order valence-electron chi connectivity index (χ3n) is 4.85. The fraction of sp³-hybridized carbons (Fsp3) is 0.476. The van der Waals surface area contributed by atoms with Crippen molar-refractivity contribution < 1.29 is 4.79 Å². The van der Waals surface area contributed by atoms with Crippen LogP contribution in [0.15, 0.2) is 36.4 Å². The van der Waals surface area contributed by atoms with Gasteiger partial charge in [0.1, 0.15) is 11.5 Å². The number of piperazine rings is 1. The highest BCUT2D eigenvalue weighted by Crippen LogP contribution is 2.19. The van der Waals surface area contributed by atoms with E-state index in [1.807, 2.05) is 35.2 Å². The van der Waals surface area contributed by atoms with Gasteiger partial charge in [-0.2, -0.15) is 0 Å². The summed E-state index contributed by atoms with van der Waals surface area (Å²) in [6, 6.07) is 11.6. The fourth-order valence-corrected chi connectivity index (χ4v) is 3.13. The normalized spacial score (nSPS) is 15.0. The van der Waals surface area contributed by atoms with Crippen LogP contribution in [0.2, 0.25) is 0 Å². The number of benzene rings is 1. The Hall–Kier alpha value is -2.47. The maximum atomic E-state index is 13.0. The Balaban J connectivity index is 1.84. The van der Waals surface area contributed by atoms with E-state index in [0.717, 1.165) is 50.5 Å². The van der Waals surface area contributed by atoms with Gasteiger partial charge in [0, 0.05) is 44.4 Å². The van der Waals surface area contributed by atoms with Crippen molar-refractivity contribution in [3.05, 3.63) is 42.1 Å². The highest BCUT2D eigenvalue weighted by atomic mass is 16.2. The van der Waals surface area contributed by atoms with Gasteiger partial charge >= 0.3 is 0 Å². The van der Waals surface area contributed by atoms with Gasteiger partial charge in [-0.15, -0.1) is 0 Å². The summed E-state index contributed by atoms with van der Waals surface area (Å²) in [6.45, 7) is 6.29. The van der Waals surface area contributed by atoms with Crippen LogP contribution in [0.4, 0.5) is 5.82 Å². The van der Waals surface area contributed by atoms with Crippen LogP contribution in [-0.2, 0) is 0 Å². The summed E-state index contributed by atoms with van der Waals surface area (Å²) in [4.78, 5) is 26.4. The second kappa shape index (κ2) is 9.46. The Morgan fingerprint density at radius 1 is 1.07 bits per heavy atom. The number of hydrogen-bond acceptors (Lipinski definition) is 5. The summed E-state index contributed by atoms with van der Waals surface area (Å²) >= 11 is 0. The number of carbonyl (C=O) groups is 1. The van der Waals surface area contributed by atoms with Gasteiger partial charge in [-0.25, -0.2) is 9.97 Å². The van der Waals surface area contributed by atoms with Crippen molar-refractivity contribution in [1.29, 1.82) is 0 Å². The second-order valence-corrected chi connectivity index (χ2v) is 7.06. The predicted molar refractivity (Wildman–Crippen MR) is 109 cm³/mol. The van der Waals surface area contributed by atoms with E-state index in [9.17, 15) is 4.79 Å². The first-order valence-electron chi connectivity index (χ1n) is 9.83. The molecule has 0 saturated carbocycles. The number of anilines is 1. The van der Waals surface area contributed by atoms with Crippen LogP contribution in [0.3, 0.4) is 0 Å². The lowest BCUT2D eigenvalue weighted by Gasteiger charge is -2.32. The van der Waals surface area contributed by atoms with Crippen molar-refractivity contribution in [1.82, 2.24) is 19.8 Å². The molecule has 1 aromatic carbocycles. The molecule has 144 valence electrons. The Kier molecular flexibility index (Phi) is 6.76. The first kappa shape index (κ1) is 19.3. The molecule has 2 aromatic rings. The van der Waals surface area contributed by atoms with E-state index in [2.05, 4.69) is 34.2 Å². The van der Waals surface area contributed by atoms with Crippen molar-refractivity contribution in [3.63, 3.8) is 0 Å². The molecule has 6 heteroatoms. The van der Waals surface area contributed by atoms with E-state index in [-0.39, 0.29) is 5.91 Å². The van der Waals surface area contributed by atoms with Crippen LogP contribution in [0, 0.1) is 0 Å². The van der Waals surface area contributed by atoms with Crippen LogP contribution in [0.1, 0.15) is 36.7 Å². The fourth-order valence-electron chi connectivity index (χ4n) is 3.13. The zero-order chi connectivity index (χ0) is 19.1. The summed E-state index contributed by atoms with van der Waals surface area (Å²) in [5.41, 5.74) is 1.38. The zero-order valence-corrected chi connectivity index (χ0v) is 16.3. The monoisotopic (exact) mass is 367 g/mol. The van der Waals surface area contributed by atoms with Crippen LogP contribution in [-0.4, -0.2) is 65.4 Å². The lowest BCUT2D eigenvalue weighted by atomic mass is 10.2. The molecule has 1 saturated heterocycles. The quantitative estimate of drug-likeness (QED) is 0.762. The molecule has 27 heavy (non-hydrogen) atoms. The zero-order valence-electron chi connectivity index (χ0n) is 16.3. The standard InChI is InChI=1S/C21H29N5O/c1-3-4-8-11-22-19-16-18(21(27)26-14-12-25(2)13-15-26)23-20(24-19)17-9-6-5-7-10-17/h5-7,9-10,16H,3-4,8,11-15H2,1-2H3,(H,22,23,24). The van der Waals surface area contributed by atoms with E-state index < -0.39 is 0 Å². The molecule has 0 radical (unpaired) electrons. The molecule has 0 aliphatic carbocycles. The molecule has 3 rings (SSSR count). The smallest absolute Gasteiger partial charge is 0.272 e. The Morgan fingerprint density at radius 3 is 2.52 bits per heavy atom. The molecular formula is C21H29N5O. The van der Waals surface area contributed by atoms with Crippen molar-refractivity contribution in [3.8, 4) is 11.4 Å². The van der Waals surface area contributed by atoms with E-state index >= 15 is 0 Å². The maximum absolute atomic E-state index is 13.0. The van der Waals surface area contributed by atoms with Crippen molar-refractivity contribution in [2.75, 3.05) is 45.1 Å². The number of hydrogen-bond donors (Lipinski definition) is 1. The number of aromatic nitrogens is 2. The van der Waals surface area contributed by atoms with Crippen LogP contribution >= 0.6 is 0 Å². The van der Waals surface area contributed by atoms with E-state index in [1.54, 1.807) is 6.07 Å². The molecule has 6 nitrogen and oxygen atoms in total. The van der Waals surface area contributed by atoms with Gasteiger partial charge in [-0.1, -0.05) is 50.1 Å². The minimum atomic E-state index is -0.0145. The highest BCUT2D eigenvalue weighted by Gasteiger charge is 2.22. The molecule has 0 atom stereocenters. The number of amides is 1. The molecule has 0 bridgehead atoms. The van der Waals surface area contributed by atoms with Gasteiger partial charge in [-0.3, -0.25) is 4.79 Å². The summed E-state index contributed by atoms with van der Waals surface area (Å²) < 4.78 is 0. The van der Waals surface area contributed by atoms with Gasteiger partial charge < -0.3 is 15.1 Å². The molecule has 1 aromatic heterocycles. The van der Waals surface area contributed by atoms with Crippen molar-refractivity contribution >= 4 is 11.7 Å². The largest absolute Gasteiger partial charge is 0.370 e. The summed E-state index contributed by atoms with van der Waals surface area (Å²) in [6.07, 6.45) is 3.44. The molecule has 2 heterocycles. The number of nitrogens with one attached hydrogen (secondary N) is 1. The SMILES string of the molecule is CCCCCNc1cc(C(=O)N2CCN(C)CC2)nc(-c2ccccc2)n1. The Morgan fingerprint density at radius 2 is 1.81 bits per heavy atom. The number of likely N-dealkylation sites (N-methyl/N-ethyl adjacent to an activating group) is 1. The first-order chi connectivity index (χ1) is 13.2. The van der Waals surface area contributed by atoms with Gasteiger partial charge in [-0.05, 0) is 13.5 Å². The molecule has 0 spiro atoms. The van der Waals surface area contributed by atoms with E-state index in [0.29, 0.717) is 11.5 Å². The van der Waals surface area contributed by atoms with Gasteiger partial charge in [0.25, 0.3) is 5.91 Å². The molecule has 1 aliphatic rings. The first-order valence-corrected chi connectivity index (χ1v) is 9.83. The molecule has 1 N–H and O–H groups in total. The molecule has 1 fully saturated rings. The minimum absolute atomic E-state index is 0.0145. The number of rotatable bonds is 7. The van der Waals surface area contributed by atoms with Gasteiger partial charge in [0.2, 0.25) is 0 Å². The number of unbranched alkanes of at least 4 members (excludes halogenated alkanes) is 2. The van der Waals surface area contributed by atoms with Crippen molar-refractivity contribution in [2.45, 2.75) is 26.2 Å². The van der Waals surface area contributed by atoms with Gasteiger partial charge in [0.05, 0.1) is 0 Å². The summed E-state index contributed by atoms with van der Waals surface area (Å²) in [7, 11) is 2.08. The lowest BCUT2D eigenvalue weighted by molar-refractivity contribution is 0.0658. The Bertz CT molecular complexity index is 741. The average molecular weight is 367 g/mol. The van der Waals surface area contributed by atoms with Gasteiger partial charge in [0.15, 0.2) is 5.82 Å².